The van der Waals surface area contributed by atoms with Crippen LogP contribution in [0.1, 0.15) is 46.0 Å². The van der Waals surface area contributed by atoms with Gasteiger partial charge in [-0.2, -0.15) is 0 Å². The molecule has 0 spiro atoms. The molecular weight excluding hydrogens is 266 g/mol. The van der Waals surface area contributed by atoms with Crippen LogP contribution in [0.5, 0.6) is 0 Å². The molecule has 1 aromatic rings. The van der Waals surface area contributed by atoms with E-state index < -0.39 is 0 Å². The van der Waals surface area contributed by atoms with Crippen LogP contribution in [0.2, 0.25) is 0 Å². The van der Waals surface area contributed by atoms with E-state index in [4.69, 9.17) is 0 Å². The second kappa shape index (κ2) is 7.81. The minimum atomic E-state index is -0.195. The highest BCUT2D eigenvalue weighted by molar-refractivity contribution is 5.88. The number of aromatic nitrogens is 2. The molecule has 6 heteroatoms. The quantitative estimate of drug-likeness (QED) is 0.779. The molecule has 0 atom stereocenters. The van der Waals surface area contributed by atoms with E-state index in [9.17, 15) is 4.79 Å². The topological polar surface area (TPSA) is 78.9 Å². The molecule has 1 aromatic heterocycles. The summed E-state index contributed by atoms with van der Waals surface area (Å²) in [6, 6.07) is 3.68. The number of urea groups is 1. The minimum Gasteiger partial charge on any atom is -0.368 e. The molecular formula is C15H25N5O. The maximum absolute atomic E-state index is 11.9. The molecule has 2 amide bonds. The zero-order valence-corrected chi connectivity index (χ0v) is 12.9. The number of rotatable bonds is 5. The van der Waals surface area contributed by atoms with Gasteiger partial charge in [0.1, 0.15) is 5.82 Å². The van der Waals surface area contributed by atoms with Crippen molar-refractivity contribution in [1.29, 1.82) is 0 Å². The van der Waals surface area contributed by atoms with Crippen LogP contribution in [0.25, 0.3) is 0 Å². The van der Waals surface area contributed by atoms with Crippen LogP contribution >= 0.6 is 0 Å². The van der Waals surface area contributed by atoms with Crippen molar-refractivity contribution in [3.8, 4) is 0 Å². The van der Waals surface area contributed by atoms with E-state index in [1.165, 1.54) is 19.3 Å². The highest BCUT2D eigenvalue weighted by atomic mass is 16.2. The molecule has 21 heavy (non-hydrogen) atoms. The molecule has 0 radical (unpaired) electrons. The van der Waals surface area contributed by atoms with Crippen molar-refractivity contribution in [1.82, 2.24) is 15.5 Å². The van der Waals surface area contributed by atoms with E-state index in [1.807, 2.05) is 6.07 Å². The lowest BCUT2D eigenvalue weighted by molar-refractivity contribution is 0.244. The summed E-state index contributed by atoms with van der Waals surface area (Å²) >= 11 is 0. The van der Waals surface area contributed by atoms with Gasteiger partial charge in [0.25, 0.3) is 0 Å². The first-order valence-corrected chi connectivity index (χ1v) is 7.78. The predicted molar refractivity (Wildman–Crippen MR) is 84.4 cm³/mol. The Hall–Kier alpha value is -1.85. The van der Waals surface area contributed by atoms with Crippen molar-refractivity contribution in [2.24, 2.45) is 5.92 Å². The molecule has 1 saturated carbocycles. The third-order valence-electron chi connectivity index (χ3n) is 3.54. The number of anilines is 2. The maximum Gasteiger partial charge on any atom is 0.320 e. The zero-order chi connectivity index (χ0) is 15.1. The van der Waals surface area contributed by atoms with Gasteiger partial charge in [-0.3, -0.25) is 5.32 Å². The van der Waals surface area contributed by atoms with E-state index in [0.717, 1.165) is 25.2 Å². The Morgan fingerprint density at radius 3 is 2.48 bits per heavy atom. The Balaban J connectivity index is 1.77. The molecule has 116 valence electrons. The second-order valence-corrected chi connectivity index (χ2v) is 6.01. The number of carbonyl (C=O) groups excluding carboxylic acids is 1. The molecule has 1 fully saturated rings. The number of amides is 2. The third-order valence-corrected chi connectivity index (χ3v) is 3.54. The standard InChI is InChI=1S/C15H25N5O/c1-11(2)10-16-13-8-9-14(20-19-13)18-15(21)17-12-6-4-3-5-7-12/h8-9,11-12H,3-7,10H2,1-2H3,(H,16,19)(H2,17,18,20,21). The van der Waals surface area contributed by atoms with Gasteiger partial charge in [0.2, 0.25) is 0 Å². The van der Waals surface area contributed by atoms with Crippen molar-refractivity contribution >= 4 is 17.7 Å². The van der Waals surface area contributed by atoms with E-state index in [0.29, 0.717) is 17.8 Å². The maximum atomic E-state index is 11.9. The Bertz CT molecular complexity index is 440. The molecule has 1 aliphatic carbocycles. The van der Waals surface area contributed by atoms with Gasteiger partial charge in [0, 0.05) is 12.6 Å². The summed E-state index contributed by atoms with van der Waals surface area (Å²) in [6.45, 7) is 5.11. The van der Waals surface area contributed by atoms with Crippen LogP contribution < -0.4 is 16.0 Å². The number of nitrogens with one attached hydrogen (secondary N) is 3. The zero-order valence-electron chi connectivity index (χ0n) is 12.9. The number of hydrogen-bond donors (Lipinski definition) is 3. The van der Waals surface area contributed by atoms with E-state index in [-0.39, 0.29) is 6.03 Å². The number of nitrogens with zero attached hydrogens (tertiary/aromatic N) is 2. The average molecular weight is 291 g/mol. The van der Waals surface area contributed by atoms with Crippen LogP contribution in [0.15, 0.2) is 12.1 Å². The fourth-order valence-corrected chi connectivity index (χ4v) is 2.39. The molecule has 1 aliphatic rings. The van der Waals surface area contributed by atoms with Crippen molar-refractivity contribution in [3.63, 3.8) is 0 Å². The first kappa shape index (κ1) is 15.5. The molecule has 1 heterocycles. The van der Waals surface area contributed by atoms with Gasteiger partial charge in [0.05, 0.1) is 0 Å². The summed E-state index contributed by atoms with van der Waals surface area (Å²) < 4.78 is 0. The Labute approximate surface area is 126 Å². The van der Waals surface area contributed by atoms with Crippen molar-refractivity contribution < 1.29 is 4.79 Å². The summed E-state index contributed by atoms with van der Waals surface area (Å²) in [4.78, 5) is 11.9. The summed E-state index contributed by atoms with van der Waals surface area (Å²) in [5.41, 5.74) is 0. The van der Waals surface area contributed by atoms with E-state index in [2.05, 4.69) is 40.0 Å². The van der Waals surface area contributed by atoms with Crippen molar-refractivity contribution in [2.45, 2.75) is 52.0 Å². The smallest absolute Gasteiger partial charge is 0.320 e. The van der Waals surface area contributed by atoms with Gasteiger partial charge in [0.15, 0.2) is 5.82 Å². The third kappa shape index (κ3) is 5.57. The molecule has 0 unspecified atom stereocenters. The van der Waals surface area contributed by atoms with Gasteiger partial charge < -0.3 is 10.6 Å². The Kier molecular flexibility index (Phi) is 5.78. The Morgan fingerprint density at radius 2 is 1.86 bits per heavy atom. The van der Waals surface area contributed by atoms with Gasteiger partial charge >= 0.3 is 6.03 Å². The summed E-state index contributed by atoms with van der Waals surface area (Å²) in [5, 5.41) is 17.0. The lowest BCUT2D eigenvalue weighted by Gasteiger charge is -2.22. The lowest BCUT2D eigenvalue weighted by atomic mass is 9.96. The lowest BCUT2D eigenvalue weighted by Crippen LogP contribution is -2.39. The first-order valence-electron chi connectivity index (χ1n) is 7.78. The SMILES string of the molecule is CC(C)CNc1ccc(NC(=O)NC2CCCCC2)nn1. The summed E-state index contributed by atoms with van der Waals surface area (Å²) in [5.74, 6) is 1.74. The molecule has 0 aromatic carbocycles. The van der Waals surface area contributed by atoms with Crippen LogP contribution in [0.4, 0.5) is 16.4 Å². The fourth-order valence-electron chi connectivity index (χ4n) is 2.39. The van der Waals surface area contributed by atoms with Crippen molar-refractivity contribution in [3.05, 3.63) is 12.1 Å². The Morgan fingerprint density at radius 1 is 1.19 bits per heavy atom. The van der Waals surface area contributed by atoms with Crippen LogP contribution in [0, 0.1) is 5.92 Å². The molecule has 2 rings (SSSR count). The summed E-state index contributed by atoms with van der Waals surface area (Å²) in [6.07, 6.45) is 5.80. The number of hydrogen-bond acceptors (Lipinski definition) is 4. The van der Waals surface area contributed by atoms with Gasteiger partial charge in [-0.1, -0.05) is 33.1 Å². The van der Waals surface area contributed by atoms with Crippen LogP contribution in [0.3, 0.4) is 0 Å². The van der Waals surface area contributed by atoms with Crippen LogP contribution in [-0.4, -0.2) is 28.8 Å². The normalized spacial score (nSPS) is 15.8. The summed E-state index contributed by atoms with van der Waals surface area (Å²) in [7, 11) is 0. The average Bonchev–Trinajstić information content (AvgIpc) is 2.47. The molecule has 3 N–H and O–H groups in total. The highest BCUT2D eigenvalue weighted by Crippen LogP contribution is 2.17. The van der Waals surface area contributed by atoms with Crippen molar-refractivity contribution in [2.75, 3.05) is 17.2 Å². The fraction of sp³-hybridized carbons (Fsp3) is 0.667. The van der Waals surface area contributed by atoms with E-state index >= 15 is 0 Å². The molecule has 0 bridgehead atoms. The van der Waals surface area contributed by atoms with Gasteiger partial charge in [-0.25, -0.2) is 4.79 Å². The highest BCUT2D eigenvalue weighted by Gasteiger charge is 2.15. The predicted octanol–water partition coefficient (Wildman–Crippen LogP) is 3.00. The first-order chi connectivity index (χ1) is 10.1. The van der Waals surface area contributed by atoms with E-state index in [1.54, 1.807) is 6.07 Å². The number of carbonyl (C=O) groups is 1. The molecule has 0 saturated heterocycles. The largest absolute Gasteiger partial charge is 0.368 e. The monoisotopic (exact) mass is 291 g/mol. The minimum absolute atomic E-state index is 0.195. The van der Waals surface area contributed by atoms with Gasteiger partial charge in [-0.05, 0) is 30.9 Å². The molecule has 6 nitrogen and oxygen atoms in total. The van der Waals surface area contributed by atoms with Crippen LogP contribution in [-0.2, 0) is 0 Å². The molecule has 0 aliphatic heterocycles. The van der Waals surface area contributed by atoms with Gasteiger partial charge in [-0.15, -0.1) is 10.2 Å². The second-order valence-electron chi connectivity index (χ2n) is 6.01.